The monoisotopic (exact) mass is 217 g/mol. The molecule has 0 saturated carbocycles. The maximum atomic E-state index is 13.1. The summed E-state index contributed by atoms with van der Waals surface area (Å²) < 4.78 is 13.1. The molecule has 1 aromatic carbocycles. The molecule has 16 heavy (non-hydrogen) atoms. The van der Waals surface area contributed by atoms with Gasteiger partial charge in [-0.15, -0.1) is 0 Å². The first-order valence-corrected chi connectivity index (χ1v) is 4.91. The highest BCUT2D eigenvalue weighted by atomic mass is 19.1. The summed E-state index contributed by atoms with van der Waals surface area (Å²) >= 11 is 0. The first-order valence-electron chi connectivity index (χ1n) is 4.91. The van der Waals surface area contributed by atoms with Gasteiger partial charge in [0.15, 0.2) is 0 Å². The van der Waals surface area contributed by atoms with Crippen molar-refractivity contribution >= 4 is 5.82 Å². The zero-order chi connectivity index (χ0) is 11.5. The summed E-state index contributed by atoms with van der Waals surface area (Å²) in [6.45, 7) is 0.283. The molecule has 0 fully saturated rings. The van der Waals surface area contributed by atoms with Crippen LogP contribution in [0.25, 0.3) is 11.1 Å². The lowest BCUT2D eigenvalue weighted by atomic mass is 10.0. The number of nitrogen functional groups attached to an aromatic ring is 1. The molecule has 0 aliphatic carbocycles. The molecule has 82 valence electrons. The first-order chi connectivity index (χ1) is 7.72. The van der Waals surface area contributed by atoms with Gasteiger partial charge in [0.05, 0.1) is 0 Å². The topological polar surface area (TPSA) is 64.9 Å². The van der Waals surface area contributed by atoms with Gasteiger partial charge in [-0.25, -0.2) is 9.37 Å². The van der Waals surface area contributed by atoms with E-state index >= 15 is 0 Å². The zero-order valence-electron chi connectivity index (χ0n) is 8.65. The first kappa shape index (κ1) is 10.6. The minimum absolute atomic E-state index is 0.282. The van der Waals surface area contributed by atoms with Crippen molar-refractivity contribution in [3.8, 4) is 11.1 Å². The second-order valence-corrected chi connectivity index (χ2v) is 3.44. The van der Waals surface area contributed by atoms with E-state index in [4.69, 9.17) is 11.5 Å². The molecule has 0 aliphatic rings. The number of rotatable bonds is 2. The van der Waals surface area contributed by atoms with Crippen molar-refractivity contribution in [3.63, 3.8) is 0 Å². The van der Waals surface area contributed by atoms with Gasteiger partial charge in [0, 0.05) is 18.3 Å². The highest BCUT2D eigenvalue weighted by molar-refractivity contribution is 5.71. The molecule has 0 radical (unpaired) electrons. The lowest BCUT2D eigenvalue weighted by Crippen LogP contribution is -2.05. The molecule has 2 aromatic rings. The van der Waals surface area contributed by atoms with Gasteiger partial charge in [-0.05, 0) is 29.3 Å². The van der Waals surface area contributed by atoms with E-state index in [1.165, 1.54) is 12.1 Å². The van der Waals surface area contributed by atoms with Crippen molar-refractivity contribution in [2.75, 3.05) is 5.73 Å². The Bertz CT molecular complexity index is 511. The van der Waals surface area contributed by atoms with E-state index in [0.29, 0.717) is 5.82 Å². The maximum absolute atomic E-state index is 13.1. The summed E-state index contributed by atoms with van der Waals surface area (Å²) in [6.07, 6.45) is 1.59. The predicted molar refractivity (Wildman–Crippen MR) is 61.9 cm³/mol. The summed E-state index contributed by atoms with van der Waals surface area (Å²) in [5.74, 6) is 0.111. The van der Waals surface area contributed by atoms with Gasteiger partial charge in [-0.2, -0.15) is 0 Å². The minimum atomic E-state index is -0.282. The SMILES string of the molecule is NCc1c(-c2cccc(F)c2)ccnc1N. The van der Waals surface area contributed by atoms with Crippen LogP contribution < -0.4 is 11.5 Å². The standard InChI is InChI=1S/C12H12FN3/c13-9-3-1-2-8(6-9)10-4-5-16-12(15)11(10)7-14/h1-6H,7,14H2,(H2,15,16). The number of pyridine rings is 1. The lowest BCUT2D eigenvalue weighted by molar-refractivity contribution is 0.628. The zero-order valence-corrected chi connectivity index (χ0v) is 8.65. The largest absolute Gasteiger partial charge is 0.383 e. The number of nitrogens with two attached hydrogens (primary N) is 2. The number of benzene rings is 1. The quantitative estimate of drug-likeness (QED) is 0.807. The van der Waals surface area contributed by atoms with Gasteiger partial charge in [0.2, 0.25) is 0 Å². The molecule has 1 heterocycles. The third-order valence-corrected chi connectivity index (χ3v) is 2.43. The number of nitrogens with zero attached hydrogens (tertiary/aromatic N) is 1. The highest BCUT2D eigenvalue weighted by Gasteiger charge is 2.08. The fourth-order valence-corrected chi connectivity index (χ4v) is 1.65. The fourth-order valence-electron chi connectivity index (χ4n) is 1.65. The van der Waals surface area contributed by atoms with Crippen LogP contribution in [0.3, 0.4) is 0 Å². The van der Waals surface area contributed by atoms with Gasteiger partial charge in [-0.3, -0.25) is 0 Å². The van der Waals surface area contributed by atoms with E-state index in [-0.39, 0.29) is 12.4 Å². The number of aromatic nitrogens is 1. The fraction of sp³-hybridized carbons (Fsp3) is 0.0833. The molecule has 0 amide bonds. The number of hydrogen-bond acceptors (Lipinski definition) is 3. The molecule has 2 rings (SSSR count). The Balaban J connectivity index is 2.60. The molecule has 3 nitrogen and oxygen atoms in total. The van der Waals surface area contributed by atoms with Crippen LogP contribution >= 0.6 is 0 Å². The molecule has 0 aliphatic heterocycles. The van der Waals surface area contributed by atoms with Crippen LogP contribution in [-0.4, -0.2) is 4.98 Å². The molecular weight excluding hydrogens is 205 g/mol. The normalized spacial score (nSPS) is 10.4. The smallest absolute Gasteiger partial charge is 0.128 e. The molecular formula is C12H12FN3. The van der Waals surface area contributed by atoms with Crippen LogP contribution in [0.2, 0.25) is 0 Å². The van der Waals surface area contributed by atoms with Crippen LogP contribution in [0.15, 0.2) is 36.5 Å². The van der Waals surface area contributed by atoms with E-state index in [0.717, 1.165) is 16.7 Å². The number of hydrogen-bond donors (Lipinski definition) is 2. The van der Waals surface area contributed by atoms with E-state index in [1.807, 2.05) is 6.07 Å². The average molecular weight is 217 g/mol. The Labute approximate surface area is 92.9 Å². The van der Waals surface area contributed by atoms with Crippen LogP contribution in [0.1, 0.15) is 5.56 Å². The van der Waals surface area contributed by atoms with Gasteiger partial charge < -0.3 is 11.5 Å². The minimum Gasteiger partial charge on any atom is -0.383 e. The van der Waals surface area contributed by atoms with Gasteiger partial charge in [-0.1, -0.05) is 12.1 Å². The van der Waals surface area contributed by atoms with E-state index in [9.17, 15) is 4.39 Å². The van der Waals surface area contributed by atoms with Crippen molar-refractivity contribution in [2.45, 2.75) is 6.54 Å². The second kappa shape index (κ2) is 4.28. The van der Waals surface area contributed by atoms with Crippen LogP contribution in [-0.2, 0) is 6.54 Å². The molecule has 0 spiro atoms. The third-order valence-electron chi connectivity index (χ3n) is 2.43. The van der Waals surface area contributed by atoms with Crippen molar-refractivity contribution in [3.05, 3.63) is 47.9 Å². The van der Waals surface area contributed by atoms with Crippen LogP contribution in [0.4, 0.5) is 10.2 Å². The lowest BCUT2D eigenvalue weighted by Gasteiger charge is -2.09. The third kappa shape index (κ3) is 1.87. The Kier molecular flexibility index (Phi) is 2.83. The summed E-state index contributed by atoms with van der Waals surface area (Å²) in [5.41, 5.74) is 13.7. The molecule has 0 unspecified atom stereocenters. The van der Waals surface area contributed by atoms with Crippen LogP contribution in [0, 0.1) is 5.82 Å². The van der Waals surface area contributed by atoms with Crippen molar-refractivity contribution in [1.29, 1.82) is 0 Å². The molecule has 4 N–H and O–H groups in total. The molecule has 4 heteroatoms. The Morgan fingerprint density at radius 1 is 1.25 bits per heavy atom. The Hall–Kier alpha value is -1.94. The van der Waals surface area contributed by atoms with E-state index in [2.05, 4.69) is 4.98 Å². The number of halogens is 1. The highest BCUT2D eigenvalue weighted by Crippen LogP contribution is 2.26. The summed E-state index contributed by atoms with van der Waals surface area (Å²) in [5, 5.41) is 0. The van der Waals surface area contributed by atoms with E-state index in [1.54, 1.807) is 18.3 Å². The van der Waals surface area contributed by atoms with Gasteiger partial charge >= 0.3 is 0 Å². The van der Waals surface area contributed by atoms with Crippen molar-refractivity contribution in [2.24, 2.45) is 5.73 Å². The molecule has 0 saturated heterocycles. The van der Waals surface area contributed by atoms with Crippen molar-refractivity contribution < 1.29 is 4.39 Å². The Morgan fingerprint density at radius 3 is 2.75 bits per heavy atom. The molecule has 0 atom stereocenters. The summed E-state index contributed by atoms with van der Waals surface area (Å²) in [4.78, 5) is 3.96. The molecule has 0 bridgehead atoms. The summed E-state index contributed by atoms with van der Waals surface area (Å²) in [6, 6.07) is 8.11. The summed E-state index contributed by atoms with van der Waals surface area (Å²) in [7, 11) is 0. The van der Waals surface area contributed by atoms with E-state index < -0.39 is 0 Å². The second-order valence-electron chi connectivity index (χ2n) is 3.44. The Morgan fingerprint density at radius 2 is 2.06 bits per heavy atom. The van der Waals surface area contributed by atoms with Crippen molar-refractivity contribution in [1.82, 2.24) is 4.98 Å². The maximum Gasteiger partial charge on any atom is 0.128 e. The van der Waals surface area contributed by atoms with Gasteiger partial charge in [0.1, 0.15) is 11.6 Å². The predicted octanol–water partition coefficient (Wildman–Crippen LogP) is 1.93. The molecule has 1 aromatic heterocycles. The number of anilines is 1. The average Bonchev–Trinajstić information content (AvgIpc) is 2.28. The van der Waals surface area contributed by atoms with Gasteiger partial charge in [0.25, 0.3) is 0 Å². The van der Waals surface area contributed by atoms with Crippen LogP contribution in [0.5, 0.6) is 0 Å².